The number of nitrogens with zero attached hydrogens (tertiary/aromatic N) is 2. The van der Waals surface area contributed by atoms with Crippen LogP contribution < -0.4 is 4.72 Å². The van der Waals surface area contributed by atoms with Gasteiger partial charge in [-0.05, 0) is 42.8 Å². The molecule has 2 aromatic rings. The molecule has 0 saturated carbocycles. The van der Waals surface area contributed by atoms with Gasteiger partial charge in [0, 0.05) is 5.69 Å². The Balaban J connectivity index is 2.00. The Morgan fingerprint density at radius 3 is 2.09 bits per heavy atom. The Labute approximate surface area is 131 Å². The van der Waals surface area contributed by atoms with Crippen LogP contribution in [0.4, 0.5) is 17.1 Å². The number of anilines is 1. The molecule has 116 valence electrons. The van der Waals surface area contributed by atoms with Crippen molar-refractivity contribution >= 4 is 27.1 Å². The van der Waals surface area contributed by atoms with Gasteiger partial charge in [0.1, 0.15) is 0 Å². The lowest BCUT2D eigenvalue weighted by Crippen LogP contribution is -2.16. The number of benzene rings is 2. The van der Waals surface area contributed by atoms with Crippen molar-refractivity contribution in [2.75, 3.05) is 10.5 Å². The second kappa shape index (κ2) is 7.70. The van der Waals surface area contributed by atoms with Crippen LogP contribution in [0.1, 0.15) is 19.8 Å². The van der Waals surface area contributed by atoms with Crippen molar-refractivity contribution in [2.24, 2.45) is 10.2 Å². The lowest BCUT2D eigenvalue weighted by Gasteiger charge is -2.07. The third-order valence-electron chi connectivity index (χ3n) is 2.94. The molecule has 0 aromatic heterocycles. The molecule has 0 heterocycles. The highest BCUT2D eigenvalue weighted by molar-refractivity contribution is 7.92. The third kappa shape index (κ3) is 5.29. The van der Waals surface area contributed by atoms with Gasteiger partial charge in [-0.3, -0.25) is 4.72 Å². The van der Waals surface area contributed by atoms with Crippen molar-refractivity contribution in [3.8, 4) is 0 Å². The highest BCUT2D eigenvalue weighted by Crippen LogP contribution is 2.20. The second-order valence-corrected chi connectivity index (χ2v) is 6.70. The molecule has 0 saturated heterocycles. The van der Waals surface area contributed by atoms with Crippen molar-refractivity contribution in [3.05, 3.63) is 54.6 Å². The first-order valence-electron chi connectivity index (χ1n) is 7.16. The van der Waals surface area contributed by atoms with Crippen molar-refractivity contribution in [1.82, 2.24) is 0 Å². The lowest BCUT2D eigenvalue weighted by molar-refractivity contribution is 0.598. The van der Waals surface area contributed by atoms with E-state index in [-0.39, 0.29) is 5.75 Å². The Morgan fingerprint density at radius 2 is 1.50 bits per heavy atom. The molecule has 0 aliphatic rings. The Hall–Kier alpha value is -2.21. The first-order chi connectivity index (χ1) is 10.6. The fourth-order valence-electron chi connectivity index (χ4n) is 1.77. The number of unbranched alkanes of at least 4 members (excludes halogenated alkanes) is 1. The topological polar surface area (TPSA) is 70.9 Å². The SMILES string of the molecule is CCCCS(=O)(=O)Nc1ccc(N=Nc2ccccc2)cc1. The van der Waals surface area contributed by atoms with Crippen LogP contribution in [-0.4, -0.2) is 14.2 Å². The van der Waals surface area contributed by atoms with Gasteiger partial charge in [0.25, 0.3) is 0 Å². The highest BCUT2D eigenvalue weighted by atomic mass is 32.2. The smallest absolute Gasteiger partial charge is 0.232 e. The van der Waals surface area contributed by atoms with Crippen LogP contribution >= 0.6 is 0 Å². The minimum Gasteiger partial charge on any atom is -0.284 e. The van der Waals surface area contributed by atoms with Crippen LogP contribution in [-0.2, 0) is 10.0 Å². The predicted molar refractivity (Wildman–Crippen MR) is 89.4 cm³/mol. The zero-order chi connectivity index (χ0) is 15.8. The molecule has 0 spiro atoms. The molecule has 1 N–H and O–H groups in total. The van der Waals surface area contributed by atoms with Crippen molar-refractivity contribution in [1.29, 1.82) is 0 Å². The van der Waals surface area contributed by atoms with Gasteiger partial charge in [0.05, 0.1) is 17.1 Å². The van der Waals surface area contributed by atoms with E-state index < -0.39 is 10.0 Å². The summed E-state index contributed by atoms with van der Waals surface area (Å²) in [6, 6.07) is 16.2. The van der Waals surface area contributed by atoms with Crippen LogP contribution in [0.5, 0.6) is 0 Å². The van der Waals surface area contributed by atoms with Gasteiger partial charge in [-0.25, -0.2) is 8.42 Å². The van der Waals surface area contributed by atoms with Crippen LogP contribution in [0.25, 0.3) is 0 Å². The maximum Gasteiger partial charge on any atom is 0.232 e. The molecule has 2 rings (SSSR count). The fourth-order valence-corrected chi connectivity index (χ4v) is 3.04. The average Bonchev–Trinajstić information content (AvgIpc) is 2.53. The summed E-state index contributed by atoms with van der Waals surface area (Å²) in [7, 11) is -3.27. The van der Waals surface area contributed by atoms with E-state index in [1.807, 2.05) is 37.3 Å². The number of hydrogen-bond donors (Lipinski definition) is 1. The molecule has 0 radical (unpaired) electrons. The molecule has 0 unspecified atom stereocenters. The molecule has 0 aliphatic carbocycles. The molecule has 0 bridgehead atoms. The van der Waals surface area contributed by atoms with E-state index in [1.165, 1.54) is 0 Å². The van der Waals surface area contributed by atoms with E-state index in [1.54, 1.807) is 24.3 Å². The monoisotopic (exact) mass is 317 g/mol. The standard InChI is InChI=1S/C16H19N3O2S/c1-2-3-13-22(20,21)19-16-11-9-15(10-12-16)18-17-14-7-5-4-6-8-14/h4-12,19H,2-3,13H2,1H3. The van der Waals surface area contributed by atoms with Crippen LogP contribution in [0, 0.1) is 0 Å². The van der Waals surface area contributed by atoms with E-state index in [0.717, 1.165) is 12.1 Å². The summed E-state index contributed by atoms with van der Waals surface area (Å²) in [4.78, 5) is 0. The van der Waals surface area contributed by atoms with E-state index in [0.29, 0.717) is 17.8 Å². The van der Waals surface area contributed by atoms with Gasteiger partial charge in [0.2, 0.25) is 10.0 Å². The van der Waals surface area contributed by atoms with Gasteiger partial charge < -0.3 is 0 Å². The molecule has 5 nitrogen and oxygen atoms in total. The van der Waals surface area contributed by atoms with Gasteiger partial charge in [0.15, 0.2) is 0 Å². The lowest BCUT2D eigenvalue weighted by atomic mass is 10.3. The Bertz CT molecular complexity index is 711. The molecule has 0 fully saturated rings. The third-order valence-corrected chi connectivity index (χ3v) is 4.32. The summed E-state index contributed by atoms with van der Waals surface area (Å²) in [6.45, 7) is 1.96. The van der Waals surface area contributed by atoms with Gasteiger partial charge in [-0.2, -0.15) is 10.2 Å². The van der Waals surface area contributed by atoms with Gasteiger partial charge in [-0.15, -0.1) is 0 Å². The Kier molecular flexibility index (Phi) is 5.66. The van der Waals surface area contributed by atoms with E-state index in [2.05, 4.69) is 15.0 Å². The molecule has 0 amide bonds. The average molecular weight is 317 g/mol. The highest BCUT2D eigenvalue weighted by Gasteiger charge is 2.09. The normalized spacial score (nSPS) is 11.7. The summed E-state index contributed by atoms with van der Waals surface area (Å²) in [6.07, 6.45) is 1.50. The van der Waals surface area contributed by atoms with Crippen molar-refractivity contribution < 1.29 is 8.42 Å². The van der Waals surface area contributed by atoms with Gasteiger partial charge >= 0.3 is 0 Å². The molecule has 6 heteroatoms. The maximum atomic E-state index is 11.8. The first kappa shape index (κ1) is 16.2. The van der Waals surface area contributed by atoms with Crippen molar-refractivity contribution in [3.63, 3.8) is 0 Å². The molecule has 0 aliphatic heterocycles. The van der Waals surface area contributed by atoms with E-state index in [9.17, 15) is 8.42 Å². The van der Waals surface area contributed by atoms with Gasteiger partial charge in [-0.1, -0.05) is 31.5 Å². The van der Waals surface area contributed by atoms with Crippen LogP contribution in [0.2, 0.25) is 0 Å². The van der Waals surface area contributed by atoms with Crippen LogP contribution in [0.3, 0.4) is 0 Å². The number of hydrogen-bond acceptors (Lipinski definition) is 4. The molecule has 2 aromatic carbocycles. The summed E-state index contributed by atoms with van der Waals surface area (Å²) in [5.74, 6) is 0.138. The predicted octanol–water partition coefficient (Wildman–Crippen LogP) is 4.64. The zero-order valence-corrected chi connectivity index (χ0v) is 13.3. The number of sulfonamides is 1. The number of azo groups is 1. The maximum absolute atomic E-state index is 11.8. The molecule has 0 atom stereocenters. The minimum atomic E-state index is -3.27. The molecule has 22 heavy (non-hydrogen) atoms. The zero-order valence-electron chi connectivity index (χ0n) is 12.4. The summed E-state index contributed by atoms with van der Waals surface area (Å²) in [5.41, 5.74) is 1.97. The van der Waals surface area contributed by atoms with Crippen molar-refractivity contribution in [2.45, 2.75) is 19.8 Å². The minimum absolute atomic E-state index is 0.138. The first-order valence-corrected chi connectivity index (χ1v) is 8.81. The Morgan fingerprint density at radius 1 is 0.909 bits per heavy atom. The largest absolute Gasteiger partial charge is 0.284 e. The molecular formula is C16H19N3O2S. The molecular weight excluding hydrogens is 298 g/mol. The second-order valence-electron chi connectivity index (χ2n) is 4.86. The summed E-state index contributed by atoms with van der Waals surface area (Å²) >= 11 is 0. The van der Waals surface area contributed by atoms with E-state index >= 15 is 0 Å². The number of rotatable bonds is 7. The quantitative estimate of drug-likeness (QED) is 0.755. The summed E-state index contributed by atoms with van der Waals surface area (Å²) in [5, 5.41) is 8.22. The fraction of sp³-hybridized carbons (Fsp3) is 0.250. The van der Waals surface area contributed by atoms with Crippen LogP contribution in [0.15, 0.2) is 64.8 Å². The number of nitrogens with one attached hydrogen (secondary N) is 1. The summed E-state index contributed by atoms with van der Waals surface area (Å²) < 4.78 is 26.2. The van der Waals surface area contributed by atoms with E-state index in [4.69, 9.17) is 0 Å².